The van der Waals surface area contributed by atoms with E-state index < -0.39 is 0 Å². The monoisotopic (exact) mass is 922 g/mol. The molecule has 2 amide bonds. The zero-order valence-electron chi connectivity index (χ0n) is 34.3. The molecule has 0 aliphatic carbocycles. The van der Waals surface area contributed by atoms with E-state index in [0.717, 1.165) is 71.5 Å². The number of likely N-dealkylation sites (tertiary alicyclic amines) is 2. The van der Waals surface area contributed by atoms with Crippen LogP contribution in [0.1, 0.15) is 115 Å². The van der Waals surface area contributed by atoms with Crippen molar-refractivity contribution in [2.75, 3.05) is 39.5 Å². The van der Waals surface area contributed by atoms with Crippen molar-refractivity contribution in [1.29, 1.82) is 0 Å². The molecule has 2 aromatic carbocycles. The molecular weight excluding hydrogens is 873 g/mol. The number of rotatable bonds is 6. The molecule has 4 aromatic rings. The van der Waals surface area contributed by atoms with Crippen LogP contribution in [0.5, 0.6) is 0 Å². The number of aromatic nitrogens is 2. The molecule has 3 saturated heterocycles. The molecule has 5 aliphatic rings. The summed E-state index contributed by atoms with van der Waals surface area (Å²) in [5.41, 5.74) is 4.88. The summed E-state index contributed by atoms with van der Waals surface area (Å²) in [6.45, 7) is 12.5. The molecule has 2 unspecified atom stereocenters. The predicted octanol–water partition coefficient (Wildman–Crippen LogP) is 10.0. The number of hydrogen-bond donors (Lipinski definition) is 0. The SMILES string of the molecule is CC1(C)OB(C2=CCOCC2)OC1(C)C.O=C(c1cc(Br)sn1)N1CCCC1c1ccc(F)cc1.O=C(c1cc(C2=CCOCC2)sn1)N1CCCC1c1ccc(F)cc1. The lowest BCUT2D eigenvalue weighted by Gasteiger charge is -2.32. The summed E-state index contributed by atoms with van der Waals surface area (Å²) in [6, 6.07) is 16.5. The number of ether oxygens (including phenoxy) is 2. The largest absolute Gasteiger partial charge is 0.490 e. The maximum Gasteiger partial charge on any atom is 0.490 e. The van der Waals surface area contributed by atoms with E-state index in [2.05, 4.69) is 64.5 Å². The second-order valence-corrected chi connectivity index (χ2v) is 19.2. The van der Waals surface area contributed by atoms with Crippen molar-refractivity contribution in [3.05, 3.63) is 121 Å². The van der Waals surface area contributed by atoms with Gasteiger partial charge in [-0.2, -0.15) is 8.75 Å². The summed E-state index contributed by atoms with van der Waals surface area (Å²) >= 11 is 5.95. The first-order valence-electron chi connectivity index (χ1n) is 20.4. The molecule has 0 spiro atoms. The van der Waals surface area contributed by atoms with Gasteiger partial charge in [0.15, 0.2) is 0 Å². The standard InChI is InChI=1S/C19H19FN2O2S.C14H12BrFN2OS.C11H19BO3/c20-15-5-3-13(4-6-15)17-2-1-9-22(17)19(23)16-12-18(25-21-16)14-7-10-24-11-8-14;15-13-8-11(17-20-13)14(19)18-7-1-2-12(18)9-3-5-10(16)6-4-9;1-10(2)11(3,4)15-12(14-10)9-5-7-13-8-6-9/h3-7,12,17H,1-2,8-11H2;3-6,8,12H,1-2,7H2;5H,6-8H2,1-4H3. The molecule has 5 aliphatic heterocycles. The van der Waals surface area contributed by atoms with Crippen LogP contribution in [0, 0.1) is 11.6 Å². The molecule has 0 N–H and O–H groups in total. The van der Waals surface area contributed by atoms with Crippen molar-refractivity contribution in [2.24, 2.45) is 0 Å². The summed E-state index contributed by atoms with van der Waals surface area (Å²) in [4.78, 5) is 30.2. The Morgan fingerprint density at radius 2 is 1.23 bits per heavy atom. The Hall–Kier alpha value is -3.64. The van der Waals surface area contributed by atoms with Crippen LogP contribution in [0.25, 0.3) is 5.57 Å². The highest BCUT2D eigenvalue weighted by Crippen LogP contribution is 2.40. The van der Waals surface area contributed by atoms with E-state index in [1.54, 1.807) is 30.3 Å². The third kappa shape index (κ3) is 10.5. The molecule has 0 saturated carbocycles. The van der Waals surface area contributed by atoms with Crippen LogP contribution in [-0.2, 0) is 18.8 Å². The first-order chi connectivity index (χ1) is 28.8. The van der Waals surface area contributed by atoms with Gasteiger partial charge in [0, 0.05) is 13.1 Å². The van der Waals surface area contributed by atoms with Gasteiger partial charge in [-0.1, -0.05) is 36.4 Å². The average Bonchev–Trinajstić information content (AvgIpc) is 4.11. The van der Waals surface area contributed by atoms with Crippen molar-refractivity contribution < 1.29 is 37.2 Å². The van der Waals surface area contributed by atoms with Crippen LogP contribution in [0.15, 0.2) is 82.1 Å². The number of amides is 2. The van der Waals surface area contributed by atoms with E-state index in [-0.39, 0.29) is 53.9 Å². The van der Waals surface area contributed by atoms with Crippen LogP contribution >= 0.6 is 39.0 Å². The number of halogens is 3. The fourth-order valence-electron chi connectivity index (χ4n) is 7.76. The number of nitrogens with zero attached hydrogens (tertiary/aromatic N) is 4. The smallest absolute Gasteiger partial charge is 0.400 e. The highest BCUT2D eigenvalue weighted by Gasteiger charge is 2.52. The lowest BCUT2D eigenvalue weighted by molar-refractivity contribution is 0.00578. The lowest BCUT2D eigenvalue weighted by atomic mass is 9.75. The van der Waals surface area contributed by atoms with Crippen molar-refractivity contribution in [1.82, 2.24) is 18.5 Å². The molecule has 10 nitrogen and oxygen atoms in total. The molecule has 16 heteroatoms. The van der Waals surface area contributed by atoms with Crippen LogP contribution in [0.2, 0.25) is 0 Å². The molecule has 2 atom stereocenters. The Labute approximate surface area is 367 Å². The average molecular weight is 924 g/mol. The van der Waals surface area contributed by atoms with Gasteiger partial charge in [0.25, 0.3) is 11.8 Å². The highest BCUT2D eigenvalue weighted by molar-refractivity contribution is 9.11. The minimum atomic E-state index is -0.256. The van der Waals surface area contributed by atoms with E-state index in [4.69, 9.17) is 18.8 Å². The van der Waals surface area contributed by atoms with Crippen LogP contribution in [0.3, 0.4) is 0 Å². The van der Waals surface area contributed by atoms with Gasteiger partial charge < -0.3 is 28.6 Å². The van der Waals surface area contributed by atoms with E-state index in [1.165, 1.54) is 58.4 Å². The molecule has 60 heavy (non-hydrogen) atoms. The van der Waals surface area contributed by atoms with Gasteiger partial charge in [0.1, 0.15) is 23.0 Å². The van der Waals surface area contributed by atoms with Gasteiger partial charge in [0.05, 0.1) is 58.4 Å². The zero-order chi connectivity index (χ0) is 42.4. The van der Waals surface area contributed by atoms with Gasteiger partial charge in [-0.15, -0.1) is 0 Å². The topological polar surface area (TPSA) is 103 Å². The minimum Gasteiger partial charge on any atom is -0.400 e. The fourth-order valence-corrected chi connectivity index (χ4v) is 9.47. The third-order valence-electron chi connectivity index (χ3n) is 11.8. The summed E-state index contributed by atoms with van der Waals surface area (Å²) in [5, 5.41) is 0. The first kappa shape index (κ1) is 44.4. The Balaban J connectivity index is 0.000000141. The van der Waals surface area contributed by atoms with Gasteiger partial charge in [-0.3, -0.25) is 9.59 Å². The maximum absolute atomic E-state index is 13.2. The number of carbonyl (C=O) groups excluding carboxylic acids is 2. The molecule has 0 radical (unpaired) electrons. The number of carbonyl (C=O) groups is 2. The predicted molar refractivity (Wildman–Crippen MR) is 234 cm³/mol. The lowest BCUT2D eigenvalue weighted by Crippen LogP contribution is -2.41. The number of hydrogen-bond acceptors (Lipinski definition) is 10. The Morgan fingerprint density at radius 3 is 1.70 bits per heavy atom. The second kappa shape index (κ2) is 19.6. The van der Waals surface area contributed by atoms with Gasteiger partial charge in [-0.25, -0.2) is 8.78 Å². The third-order valence-corrected chi connectivity index (χ3v) is 13.9. The quantitative estimate of drug-likeness (QED) is 0.176. The van der Waals surface area contributed by atoms with Crippen molar-refractivity contribution in [3.8, 4) is 0 Å². The zero-order valence-corrected chi connectivity index (χ0v) is 37.6. The van der Waals surface area contributed by atoms with E-state index in [0.29, 0.717) is 37.8 Å². The van der Waals surface area contributed by atoms with E-state index in [1.807, 2.05) is 15.9 Å². The fraction of sp³-hybridized carbons (Fsp3) is 0.455. The molecule has 318 valence electrons. The van der Waals surface area contributed by atoms with Crippen LogP contribution in [0.4, 0.5) is 8.78 Å². The normalized spacial score (nSPS) is 22.0. The summed E-state index contributed by atoms with van der Waals surface area (Å²) in [5.74, 6) is -0.609. The molecule has 2 aromatic heterocycles. The maximum atomic E-state index is 13.2. The van der Waals surface area contributed by atoms with Gasteiger partial charge >= 0.3 is 7.12 Å². The van der Waals surface area contributed by atoms with Crippen LogP contribution < -0.4 is 0 Å². The van der Waals surface area contributed by atoms with Crippen molar-refractivity contribution in [3.63, 3.8) is 0 Å². The Bertz CT molecular complexity index is 2160. The van der Waals surface area contributed by atoms with Gasteiger partial charge in [0.2, 0.25) is 0 Å². The summed E-state index contributed by atoms with van der Waals surface area (Å²) < 4.78 is 58.1. The Kier molecular flexibility index (Phi) is 14.5. The molecule has 9 rings (SSSR count). The van der Waals surface area contributed by atoms with E-state index in [9.17, 15) is 18.4 Å². The minimum absolute atomic E-state index is 0.000506. The van der Waals surface area contributed by atoms with Crippen LogP contribution in [-0.4, -0.2) is 88.2 Å². The molecular formula is C44H50BBrF2N4O6S2. The summed E-state index contributed by atoms with van der Waals surface area (Å²) in [6.07, 6.45) is 9.62. The molecule has 0 bridgehead atoms. The highest BCUT2D eigenvalue weighted by atomic mass is 79.9. The molecule has 3 fully saturated rings. The molecule has 7 heterocycles. The number of benzene rings is 2. The first-order valence-corrected chi connectivity index (χ1v) is 22.7. The van der Waals surface area contributed by atoms with Gasteiger partial charge in [-0.05, 0) is 164 Å². The summed E-state index contributed by atoms with van der Waals surface area (Å²) in [7, 11) is -0.182. The van der Waals surface area contributed by atoms with Crippen molar-refractivity contribution >= 4 is 63.5 Å². The second-order valence-electron chi connectivity index (χ2n) is 16.3. The van der Waals surface area contributed by atoms with Crippen molar-refractivity contribution in [2.45, 2.75) is 89.5 Å². The van der Waals surface area contributed by atoms with E-state index >= 15 is 0 Å². The Morgan fingerprint density at radius 1 is 0.733 bits per heavy atom.